The monoisotopic (exact) mass is 1080 g/mol. The predicted molar refractivity (Wildman–Crippen MR) is 269 cm³/mol. The zero-order valence-electron chi connectivity index (χ0n) is 42.8. The van der Waals surface area contributed by atoms with Crippen LogP contribution in [0.25, 0.3) is 0 Å². The van der Waals surface area contributed by atoms with E-state index in [2.05, 4.69) is 31.6 Å². The molecule has 422 valence electrons. The first-order chi connectivity index (χ1) is 35.8. The first-order valence-electron chi connectivity index (χ1n) is 24.4. The van der Waals surface area contributed by atoms with Crippen molar-refractivity contribution in [3.05, 3.63) is 35.4 Å². The lowest BCUT2D eigenvalue weighted by Gasteiger charge is -2.33. The van der Waals surface area contributed by atoms with E-state index in [1.807, 2.05) is 0 Å². The van der Waals surface area contributed by atoms with E-state index in [4.69, 9.17) is 5.73 Å². The van der Waals surface area contributed by atoms with E-state index in [0.29, 0.717) is 5.56 Å². The third-order valence-corrected chi connectivity index (χ3v) is 12.2. The Morgan fingerprint density at radius 2 is 1.18 bits per heavy atom. The summed E-state index contributed by atoms with van der Waals surface area (Å²) in [5.41, 5.74) is 6.47. The molecule has 76 heavy (non-hydrogen) atoms. The maximum Gasteiger partial charge on any atom is 0.475 e. The summed E-state index contributed by atoms with van der Waals surface area (Å²) in [6.07, 6.45) is -1.66. The van der Waals surface area contributed by atoms with Crippen LogP contribution >= 0.6 is 0 Å². The van der Waals surface area contributed by atoms with Gasteiger partial charge in [-0.05, 0) is 43.9 Å². The molecule has 2 aliphatic heterocycles. The van der Waals surface area contributed by atoms with Crippen LogP contribution in [0, 0.1) is 0 Å². The van der Waals surface area contributed by atoms with Crippen LogP contribution in [0.2, 0.25) is 0 Å². The fourth-order valence-corrected chi connectivity index (χ4v) is 8.10. The van der Waals surface area contributed by atoms with Gasteiger partial charge >= 0.3 is 31.0 Å². The number of aliphatic imine (C=N–C) groups is 1. The van der Waals surface area contributed by atoms with E-state index in [0.717, 1.165) is 4.90 Å². The van der Waals surface area contributed by atoms with Crippen LogP contribution in [0.3, 0.4) is 0 Å². The number of nitrogens with two attached hydrogens (primary N) is 1. The van der Waals surface area contributed by atoms with E-state index >= 15 is 0 Å². The fourth-order valence-electron chi connectivity index (χ4n) is 8.10. The number of nitrogens with zero attached hydrogens (tertiary/aromatic N) is 7. The Labute approximate surface area is 438 Å². The van der Waals surface area contributed by atoms with Gasteiger partial charge in [0.05, 0.1) is 51.2 Å². The minimum atomic E-state index is -1.89. The van der Waals surface area contributed by atoms with Gasteiger partial charge in [0.2, 0.25) is 29.5 Å². The number of aliphatic carboxylic acids is 4. The second-order valence-electron chi connectivity index (χ2n) is 18.6. The average Bonchev–Trinajstić information content (AvgIpc) is 3.74. The van der Waals surface area contributed by atoms with Crippen molar-refractivity contribution >= 4 is 72.4 Å². The molecule has 0 saturated carbocycles. The summed E-state index contributed by atoms with van der Waals surface area (Å²) >= 11 is 0. The number of aliphatic hydroxyl groups is 1. The minimum Gasteiger partial charge on any atom is -0.481 e. The summed E-state index contributed by atoms with van der Waals surface area (Å²) in [5.74, 6) is -10.3. The van der Waals surface area contributed by atoms with Crippen LogP contribution in [0.5, 0.6) is 0 Å². The molecule has 0 aromatic heterocycles. The lowest BCUT2D eigenvalue weighted by atomic mass is 9.77. The van der Waals surface area contributed by atoms with Crippen molar-refractivity contribution in [2.24, 2.45) is 10.7 Å². The number of guanidine groups is 1. The Kier molecular flexibility index (Phi) is 26.4. The molecule has 1 aromatic rings. The summed E-state index contributed by atoms with van der Waals surface area (Å²) in [5, 5.41) is 79.7. The van der Waals surface area contributed by atoms with Crippen LogP contribution in [0.15, 0.2) is 29.3 Å². The first-order valence-corrected chi connectivity index (χ1v) is 24.4. The highest BCUT2D eigenvalue weighted by Gasteiger charge is 2.42. The molecule has 0 bridgehead atoms. The molecule has 0 spiro atoms. The Hall–Kier alpha value is -7.03. The largest absolute Gasteiger partial charge is 0.481 e. The second-order valence-corrected chi connectivity index (χ2v) is 18.6. The number of β-amino-alcohol motifs (C(OH)–C–C–N with tert-alkyl or cyclic N) is 1. The lowest BCUT2D eigenvalue weighted by molar-refractivity contribution is -0.141. The SMILES string of the molecule is C[C@@H](NC(=O)c1ccc(CNC(=O)[C@H](CC(=O)O)NC(=O)CNC(=O)[C@H](CCCN=C(N)N(C)C)NC(=O)CN2CCN(CC(=O)O)CCN(CC(=O)O)CCN(CC(=O)O)CC2)cc1)C(=O)N1C[C@@H](O)C[C@H]1B(O)O. The molecule has 2 saturated heterocycles. The van der Waals surface area contributed by atoms with Gasteiger partial charge in [0.15, 0.2) is 5.96 Å². The molecule has 2 heterocycles. The number of aliphatic hydroxyl groups excluding tert-OH is 1. The molecule has 6 amide bonds. The van der Waals surface area contributed by atoms with Crippen molar-refractivity contribution < 1.29 is 83.5 Å². The smallest absolute Gasteiger partial charge is 0.475 e. The number of likely N-dealkylation sites (tertiary alicyclic amines) is 1. The van der Waals surface area contributed by atoms with E-state index in [1.54, 1.807) is 38.6 Å². The van der Waals surface area contributed by atoms with Crippen LogP contribution in [-0.2, 0) is 49.7 Å². The summed E-state index contributed by atoms with van der Waals surface area (Å²) in [6, 6.07) is 1.75. The van der Waals surface area contributed by atoms with Gasteiger partial charge in [-0.25, -0.2) is 0 Å². The van der Waals surface area contributed by atoms with E-state index in [1.165, 1.54) is 31.2 Å². The summed E-state index contributed by atoms with van der Waals surface area (Å²) in [4.78, 5) is 140. The molecule has 3 rings (SSSR count). The Bertz CT molecular complexity index is 2180. The molecular weight excluding hydrogens is 1010 g/mol. The fraction of sp³-hybridized carbons (Fsp3) is 0.622. The van der Waals surface area contributed by atoms with Crippen molar-refractivity contribution in [1.82, 2.24) is 56.0 Å². The van der Waals surface area contributed by atoms with Crippen LogP contribution in [0.1, 0.15) is 48.5 Å². The molecule has 2 aliphatic rings. The first kappa shape index (κ1) is 63.3. The molecule has 5 atom stereocenters. The van der Waals surface area contributed by atoms with Crippen LogP contribution < -0.4 is 32.3 Å². The molecule has 30 nitrogen and oxygen atoms in total. The minimum absolute atomic E-state index is 0.00833. The number of nitrogens with one attached hydrogen (secondary N) is 5. The van der Waals surface area contributed by atoms with Crippen molar-refractivity contribution in [2.75, 3.05) is 112 Å². The second kappa shape index (κ2) is 31.8. The third-order valence-electron chi connectivity index (χ3n) is 12.2. The number of carbonyl (C=O) groups excluding carboxylic acids is 6. The van der Waals surface area contributed by atoms with Crippen molar-refractivity contribution in [1.29, 1.82) is 0 Å². The molecule has 31 heteroatoms. The zero-order chi connectivity index (χ0) is 56.6. The summed E-state index contributed by atoms with van der Waals surface area (Å²) < 4.78 is 0. The Morgan fingerprint density at radius 3 is 1.66 bits per heavy atom. The average molecular weight is 1080 g/mol. The number of hydrogen-bond acceptors (Lipinski definition) is 18. The number of carboxylic acids is 4. The predicted octanol–water partition coefficient (Wildman–Crippen LogP) is -6.91. The van der Waals surface area contributed by atoms with E-state index < -0.39 is 110 Å². The molecular formula is C45H72BN13O17. The van der Waals surface area contributed by atoms with Crippen LogP contribution in [-0.4, -0.2) is 280 Å². The number of rotatable bonds is 26. The zero-order valence-corrected chi connectivity index (χ0v) is 42.8. The maximum atomic E-state index is 13.7. The lowest BCUT2D eigenvalue weighted by Crippen LogP contribution is -2.54. The van der Waals surface area contributed by atoms with Gasteiger partial charge < -0.3 is 77.7 Å². The topological polar surface area (TPSA) is 430 Å². The highest BCUT2D eigenvalue weighted by molar-refractivity contribution is 6.43. The normalized spacial score (nSPS) is 18.6. The van der Waals surface area contributed by atoms with Gasteiger partial charge in [-0.2, -0.15) is 0 Å². The molecule has 2 fully saturated rings. The van der Waals surface area contributed by atoms with Gasteiger partial charge in [-0.3, -0.25) is 72.5 Å². The van der Waals surface area contributed by atoms with Gasteiger partial charge in [0, 0.05) is 91.7 Å². The number of benzene rings is 1. The number of amides is 6. The van der Waals surface area contributed by atoms with Crippen molar-refractivity contribution in [2.45, 2.75) is 69.3 Å². The van der Waals surface area contributed by atoms with Gasteiger partial charge in [0.1, 0.15) is 18.1 Å². The van der Waals surface area contributed by atoms with Gasteiger partial charge in [-0.1, -0.05) is 12.1 Å². The summed E-state index contributed by atoms with van der Waals surface area (Å²) in [7, 11) is 1.45. The molecule has 0 aliphatic carbocycles. The molecule has 1 aromatic carbocycles. The molecule has 0 radical (unpaired) electrons. The highest BCUT2D eigenvalue weighted by atomic mass is 16.4. The highest BCUT2D eigenvalue weighted by Crippen LogP contribution is 2.20. The van der Waals surface area contributed by atoms with Crippen molar-refractivity contribution in [3.8, 4) is 0 Å². The molecule has 0 unspecified atom stereocenters. The van der Waals surface area contributed by atoms with Crippen molar-refractivity contribution in [3.63, 3.8) is 0 Å². The number of carboxylic acid groups (broad SMARTS) is 4. The quantitative estimate of drug-likeness (QED) is 0.0177. The summed E-state index contributed by atoms with van der Waals surface area (Å²) in [6.45, 7) is 0.114. The standard InChI is InChI=1S/C45H72BN13O17/c1-28(44(74)59-23-31(60)19-34(59)46(75)76)51-41(71)30-8-6-29(7-9-30)21-49-43(73)33(20-37(63)64)53-35(61)22-50-42(72)32(5-4-10-48-45(47)54(2)3)52-36(62)24-55-11-13-56(25-38(65)66)15-17-58(27-40(69)70)18-16-57(14-12-55)26-39(67)68/h6-9,28,31-34,60,75-76H,4-5,10-27H2,1-3H3,(H2,47,48)(H,49,73)(H,50,72)(H,51,71)(H,52,62)(H,53,61)(H,63,64)(H,65,66)(H,67,68)(H,69,70)/t28-,31+,32+,33+,34+/m1/s1. The Balaban J connectivity index is 1.66. The number of hydrogen-bond donors (Lipinski definition) is 13. The molecule has 14 N–H and O–H groups in total. The van der Waals surface area contributed by atoms with Gasteiger partial charge in [0.25, 0.3) is 5.91 Å². The van der Waals surface area contributed by atoms with E-state index in [-0.39, 0.29) is 129 Å². The maximum absolute atomic E-state index is 13.7. The van der Waals surface area contributed by atoms with E-state index in [9.17, 15) is 83.5 Å². The van der Waals surface area contributed by atoms with Crippen LogP contribution in [0.4, 0.5) is 0 Å². The third kappa shape index (κ3) is 23.3. The number of carbonyl (C=O) groups is 10. The van der Waals surface area contributed by atoms with Gasteiger partial charge in [-0.15, -0.1) is 0 Å². The Morgan fingerprint density at radius 1 is 0.697 bits per heavy atom.